The van der Waals surface area contributed by atoms with Crippen molar-refractivity contribution in [2.24, 2.45) is 0 Å². The lowest BCUT2D eigenvalue weighted by Gasteiger charge is -2.03. The predicted octanol–water partition coefficient (Wildman–Crippen LogP) is 2.39. The van der Waals surface area contributed by atoms with Gasteiger partial charge in [0.05, 0.1) is 13.7 Å². The molecule has 0 aliphatic carbocycles. The van der Waals surface area contributed by atoms with Gasteiger partial charge in [-0.25, -0.2) is 0 Å². The standard InChI is InChI=1S/C14H16O3/c1-3-10-17-13-8-4-6-12(11-13)7-5-9-14(15)16-2/h4,6,8,11H,3,9-10H2,1-2H3. The second-order valence-corrected chi connectivity index (χ2v) is 3.43. The average Bonchev–Trinajstić information content (AvgIpc) is 2.36. The molecule has 0 radical (unpaired) electrons. The topological polar surface area (TPSA) is 35.5 Å². The maximum atomic E-state index is 10.9. The Morgan fingerprint density at radius 3 is 2.94 bits per heavy atom. The lowest BCUT2D eigenvalue weighted by Crippen LogP contribution is -1.97. The van der Waals surface area contributed by atoms with E-state index in [1.807, 2.05) is 24.3 Å². The Morgan fingerprint density at radius 2 is 2.24 bits per heavy atom. The minimum Gasteiger partial charge on any atom is -0.494 e. The van der Waals surface area contributed by atoms with E-state index < -0.39 is 0 Å². The third-order valence-electron chi connectivity index (χ3n) is 2.00. The first-order valence-electron chi connectivity index (χ1n) is 5.54. The number of hydrogen-bond donors (Lipinski definition) is 0. The van der Waals surface area contributed by atoms with Crippen LogP contribution in [0.2, 0.25) is 0 Å². The van der Waals surface area contributed by atoms with E-state index in [0.717, 1.165) is 17.7 Å². The second kappa shape index (κ2) is 7.34. The second-order valence-electron chi connectivity index (χ2n) is 3.43. The molecule has 3 nitrogen and oxygen atoms in total. The van der Waals surface area contributed by atoms with E-state index >= 15 is 0 Å². The molecule has 1 rings (SSSR count). The summed E-state index contributed by atoms with van der Waals surface area (Å²) in [6, 6.07) is 7.51. The number of hydrogen-bond acceptors (Lipinski definition) is 3. The van der Waals surface area contributed by atoms with Gasteiger partial charge in [0, 0.05) is 5.56 Å². The number of ether oxygens (including phenoxy) is 2. The molecule has 0 N–H and O–H groups in total. The fraction of sp³-hybridized carbons (Fsp3) is 0.357. The van der Waals surface area contributed by atoms with Crippen LogP contribution >= 0.6 is 0 Å². The van der Waals surface area contributed by atoms with Crippen molar-refractivity contribution < 1.29 is 14.3 Å². The minimum atomic E-state index is -0.323. The van der Waals surface area contributed by atoms with Crippen LogP contribution < -0.4 is 4.74 Å². The van der Waals surface area contributed by atoms with E-state index in [1.165, 1.54) is 7.11 Å². The fourth-order valence-electron chi connectivity index (χ4n) is 1.17. The summed E-state index contributed by atoms with van der Waals surface area (Å²) in [6.45, 7) is 2.75. The molecule has 0 fully saturated rings. The van der Waals surface area contributed by atoms with Gasteiger partial charge in [-0.15, -0.1) is 0 Å². The van der Waals surface area contributed by atoms with Gasteiger partial charge < -0.3 is 9.47 Å². The van der Waals surface area contributed by atoms with Gasteiger partial charge in [0.2, 0.25) is 0 Å². The number of carbonyl (C=O) groups excluding carboxylic acids is 1. The highest BCUT2D eigenvalue weighted by Gasteiger charge is 1.95. The Hall–Kier alpha value is -1.95. The zero-order chi connectivity index (χ0) is 12.5. The summed E-state index contributed by atoms with van der Waals surface area (Å²) in [6.07, 6.45) is 1.08. The molecular formula is C14H16O3. The van der Waals surface area contributed by atoms with Crippen LogP contribution in [-0.4, -0.2) is 19.7 Å². The number of rotatable bonds is 4. The molecule has 0 aliphatic heterocycles. The summed E-state index contributed by atoms with van der Waals surface area (Å²) < 4.78 is 9.98. The van der Waals surface area contributed by atoms with Crippen molar-refractivity contribution in [1.82, 2.24) is 0 Å². The quantitative estimate of drug-likeness (QED) is 0.590. The number of esters is 1. The fourth-order valence-corrected chi connectivity index (χ4v) is 1.17. The van der Waals surface area contributed by atoms with Crippen LogP contribution in [0, 0.1) is 11.8 Å². The summed E-state index contributed by atoms with van der Waals surface area (Å²) in [5, 5.41) is 0. The molecule has 0 atom stereocenters. The Bertz CT molecular complexity index is 427. The molecule has 0 saturated heterocycles. The Balaban J connectivity index is 2.61. The van der Waals surface area contributed by atoms with Crippen molar-refractivity contribution >= 4 is 5.97 Å². The summed E-state index contributed by atoms with van der Waals surface area (Å²) in [5.74, 6) is 6.13. The van der Waals surface area contributed by atoms with E-state index in [1.54, 1.807) is 0 Å². The van der Waals surface area contributed by atoms with E-state index in [4.69, 9.17) is 4.74 Å². The van der Waals surface area contributed by atoms with Crippen LogP contribution in [0.15, 0.2) is 24.3 Å². The SMILES string of the molecule is CCCOc1cccc(C#CCC(=O)OC)c1. The van der Waals surface area contributed by atoms with Gasteiger partial charge in [-0.2, -0.15) is 0 Å². The number of methoxy groups -OCH3 is 1. The lowest BCUT2D eigenvalue weighted by atomic mass is 10.2. The van der Waals surface area contributed by atoms with Crippen LogP contribution in [0.1, 0.15) is 25.3 Å². The zero-order valence-corrected chi connectivity index (χ0v) is 10.2. The van der Waals surface area contributed by atoms with Gasteiger partial charge in [0.1, 0.15) is 12.2 Å². The molecule has 0 saturated carbocycles. The Morgan fingerprint density at radius 1 is 1.41 bits per heavy atom. The van der Waals surface area contributed by atoms with Gasteiger partial charge in [0.15, 0.2) is 0 Å². The largest absolute Gasteiger partial charge is 0.494 e. The molecule has 0 aliphatic rings. The first kappa shape index (κ1) is 13.1. The van der Waals surface area contributed by atoms with E-state index in [0.29, 0.717) is 6.61 Å². The molecule has 0 aromatic heterocycles. The molecule has 0 bridgehead atoms. The van der Waals surface area contributed by atoms with Gasteiger partial charge >= 0.3 is 5.97 Å². The van der Waals surface area contributed by atoms with Gasteiger partial charge in [-0.3, -0.25) is 4.79 Å². The smallest absolute Gasteiger partial charge is 0.317 e. The van der Waals surface area contributed by atoms with Crippen molar-refractivity contribution in [1.29, 1.82) is 0 Å². The Kier molecular flexibility index (Phi) is 5.67. The highest BCUT2D eigenvalue weighted by atomic mass is 16.5. The highest BCUT2D eigenvalue weighted by molar-refractivity contribution is 5.72. The van der Waals surface area contributed by atoms with Crippen LogP contribution in [-0.2, 0) is 9.53 Å². The molecule has 3 heteroatoms. The first-order chi connectivity index (χ1) is 8.26. The monoisotopic (exact) mass is 232 g/mol. The minimum absolute atomic E-state index is 0.108. The zero-order valence-electron chi connectivity index (χ0n) is 10.2. The van der Waals surface area contributed by atoms with Crippen LogP contribution in [0.25, 0.3) is 0 Å². The number of benzene rings is 1. The molecule has 0 amide bonds. The van der Waals surface area contributed by atoms with Crippen molar-refractivity contribution in [2.75, 3.05) is 13.7 Å². The molecule has 90 valence electrons. The summed E-state index contributed by atoms with van der Waals surface area (Å²) >= 11 is 0. The van der Waals surface area contributed by atoms with Gasteiger partial charge in [-0.1, -0.05) is 24.8 Å². The Labute approximate surface area is 102 Å². The van der Waals surface area contributed by atoms with Crippen molar-refractivity contribution in [2.45, 2.75) is 19.8 Å². The van der Waals surface area contributed by atoms with Gasteiger partial charge in [-0.05, 0) is 24.6 Å². The van der Waals surface area contributed by atoms with E-state index in [2.05, 4.69) is 23.5 Å². The van der Waals surface area contributed by atoms with Gasteiger partial charge in [0.25, 0.3) is 0 Å². The normalized spacial score (nSPS) is 9.06. The average molecular weight is 232 g/mol. The van der Waals surface area contributed by atoms with E-state index in [-0.39, 0.29) is 12.4 Å². The third kappa shape index (κ3) is 5.07. The van der Waals surface area contributed by atoms with Crippen LogP contribution in [0.3, 0.4) is 0 Å². The molecule has 1 aromatic rings. The molecule has 17 heavy (non-hydrogen) atoms. The highest BCUT2D eigenvalue weighted by Crippen LogP contribution is 2.12. The van der Waals surface area contributed by atoms with Crippen molar-refractivity contribution in [3.8, 4) is 17.6 Å². The molecule has 0 heterocycles. The van der Waals surface area contributed by atoms with Crippen molar-refractivity contribution in [3.05, 3.63) is 29.8 Å². The lowest BCUT2D eigenvalue weighted by molar-refractivity contribution is -0.139. The third-order valence-corrected chi connectivity index (χ3v) is 2.00. The van der Waals surface area contributed by atoms with Crippen molar-refractivity contribution in [3.63, 3.8) is 0 Å². The summed E-state index contributed by atoms with van der Waals surface area (Å²) in [7, 11) is 1.35. The molecular weight excluding hydrogens is 216 g/mol. The van der Waals surface area contributed by atoms with Crippen LogP contribution in [0.4, 0.5) is 0 Å². The number of carbonyl (C=O) groups is 1. The molecule has 1 aromatic carbocycles. The maximum absolute atomic E-state index is 10.9. The summed E-state index contributed by atoms with van der Waals surface area (Å²) in [4.78, 5) is 10.9. The maximum Gasteiger partial charge on any atom is 0.317 e. The first-order valence-corrected chi connectivity index (χ1v) is 5.54. The molecule has 0 spiro atoms. The predicted molar refractivity (Wildman–Crippen MR) is 65.7 cm³/mol. The summed E-state index contributed by atoms with van der Waals surface area (Å²) in [5.41, 5.74) is 0.836. The van der Waals surface area contributed by atoms with E-state index in [9.17, 15) is 4.79 Å². The van der Waals surface area contributed by atoms with Crippen LogP contribution in [0.5, 0.6) is 5.75 Å². The molecule has 0 unspecified atom stereocenters.